The topological polar surface area (TPSA) is 12.5 Å². The fraction of sp³-hybridized carbons (Fsp3) is 0.368. The number of benzene rings is 2. The van der Waals surface area contributed by atoms with Gasteiger partial charge in [0.25, 0.3) is 0 Å². The van der Waals surface area contributed by atoms with Crippen LogP contribution in [0.5, 0.6) is 5.75 Å². The molecule has 2 nitrogen and oxygen atoms in total. The molecule has 2 heteroatoms. The molecule has 0 bridgehead atoms. The average molecular weight is 279 g/mol. The lowest BCUT2D eigenvalue weighted by molar-refractivity contribution is -0.107. The van der Waals surface area contributed by atoms with E-state index < -0.39 is 0 Å². The van der Waals surface area contributed by atoms with Crippen LogP contribution in [0, 0.1) is 0 Å². The predicted molar refractivity (Wildman–Crippen MR) is 84.1 cm³/mol. The maximum Gasteiger partial charge on any atom is 0.152 e. The summed E-state index contributed by atoms with van der Waals surface area (Å²) in [7, 11) is 0. The SMILES string of the molecule is c1ccc(C2c3ccccc3ON2C2CCCCC2)cc1. The summed E-state index contributed by atoms with van der Waals surface area (Å²) in [5, 5.41) is 2.26. The van der Waals surface area contributed by atoms with Crippen LogP contribution in [0.25, 0.3) is 0 Å². The summed E-state index contributed by atoms with van der Waals surface area (Å²) in [5.41, 5.74) is 2.63. The molecule has 1 atom stereocenters. The minimum atomic E-state index is 0.241. The van der Waals surface area contributed by atoms with Gasteiger partial charge in [-0.15, -0.1) is 5.06 Å². The molecule has 1 heterocycles. The molecule has 2 aliphatic rings. The van der Waals surface area contributed by atoms with Crippen molar-refractivity contribution in [3.63, 3.8) is 0 Å². The monoisotopic (exact) mass is 279 g/mol. The van der Waals surface area contributed by atoms with Crippen molar-refractivity contribution < 1.29 is 4.84 Å². The Labute approximate surface area is 126 Å². The fourth-order valence-electron chi connectivity index (χ4n) is 3.68. The Hall–Kier alpha value is -1.80. The Morgan fingerprint density at radius 2 is 1.52 bits per heavy atom. The van der Waals surface area contributed by atoms with E-state index in [2.05, 4.69) is 59.7 Å². The first kappa shape index (κ1) is 12.9. The number of fused-ring (bicyclic) bond motifs is 1. The van der Waals surface area contributed by atoms with Crippen LogP contribution in [0.4, 0.5) is 0 Å². The largest absolute Gasteiger partial charge is 0.404 e. The van der Waals surface area contributed by atoms with Crippen LogP contribution in [0.15, 0.2) is 54.6 Å². The molecular weight excluding hydrogens is 258 g/mol. The van der Waals surface area contributed by atoms with Crippen LogP contribution >= 0.6 is 0 Å². The van der Waals surface area contributed by atoms with Crippen molar-refractivity contribution in [3.8, 4) is 5.75 Å². The summed E-state index contributed by atoms with van der Waals surface area (Å²) in [6.07, 6.45) is 6.51. The molecule has 0 spiro atoms. The molecule has 0 aromatic heterocycles. The van der Waals surface area contributed by atoms with E-state index in [1.165, 1.54) is 43.2 Å². The highest BCUT2D eigenvalue weighted by molar-refractivity contribution is 5.44. The van der Waals surface area contributed by atoms with Gasteiger partial charge >= 0.3 is 0 Å². The van der Waals surface area contributed by atoms with Crippen LogP contribution in [0.3, 0.4) is 0 Å². The lowest BCUT2D eigenvalue weighted by Gasteiger charge is -2.33. The van der Waals surface area contributed by atoms with Crippen LogP contribution < -0.4 is 4.84 Å². The molecule has 2 aromatic carbocycles. The van der Waals surface area contributed by atoms with E-state index in [-0.39, 0.29) is 6.04 Å². The van der Waals surface area contributed by atoms with Gasteiger partial charge in [0.05, 0.1) is 6.04 Å². The highest BCUT2D eigenvalue weighted by atomic mass is 16.7. The summed E-state index contributed by atoms with van der Waals surface area (Å²) in [6, 6.07) is 20.0. The number of hydrogen-bond acceptors (Lipinski definition) is 2. The molecular formula is C19H21NO. The maximum atomic E-state index is 6.25. The zero-order valence-electron chi connectivity index (χ0n) is 12.2. The second-order valence-electron chi connectivity index (χ2n) is 6.09. The summed E-state index contributed by atoms with van der Waals surface area (Å²) < 4.78 is 0. The molecule has 1 saturated carbocycles. The van der Waals surface area contributed by atoms with Gasteiger partial charge in [-0.25, -0.2) is 0 Å². The first-order valence-corrected chi connectivity index (χ1v) is 8.03. The Kier molecular flexibility index (Phi) is 3.40. The molecule has 0 radical (unpaired) electrons. The summed E-state index contributed by atoms with van der Waals surface area (Å²) >= 11 is 0. The highest BCUT2D eigenvalue weighted by Gasteiger charge is 2.38. The highest BCUT2D eigenvalue weighted by Crippen LogP contribution is 2.44. The third kappa shape index (κ3) is 2.34. The summed E-state index contributed by atoms with van der Waals surface area (Å²) in [4.78, 5) is 6.25. The van der Waals surface area contributed by atoms with Gasteiger partial charge in [-0.3, -0.25) is 0 Å². The first-order valence-electron chi connectivity index (χ1n) is 8.03. The van der Waals surface area contributed by atoms with Gasteiger partial charge in [0.2, 0.25) is 0 Å². The van der Waals surface area contributed by atoms with Crippen LogP contribution in [0.1, 0.15) is 49.3 Å². The molecule has 0 N–H and O–H groups in total. The summed E-state index contributed by atoms with van der Waals surface area (Å²) in [6.45, 7) is 0. The van der Waals surface area contributed by atoms with Gasteiger partial charge in [-0.2, -0.15) is 0 Å². The van der Waals surface area contributed by atoms with Crippen molar-refractivity contribution in [1.29, 1.82) is 0 Å². The van der Waals surface area contributed by atoms with E-state index in [4.69, 9.17) is 4.84 Å². The molecule has 1 fully saturated rings. The molecule has 1 aliphatic carbocycles. The summed E-state index contributed by atoms with van der Waals surface area (Å²) in [5.74, 6) is 1.02. The minimum Gasteiger partial charge on any atom is -0.404 e. The van der Waals surface area contributed by atoms with Crippen molar-refractivity contribution >= 4 is 0 Å². The smallest absolute Gasteiger partial charge is 0.152 e. The van der Waals surface area contributed by atoms with E-state index in [1.54, 1.807) is 0 Å². The Balaban J connectivity index is 1.73. The Morgan fingerprint density at radius 3 is 2.33 bits per heavy atom. The van der Waals surface area contributed by atoms with Crippen molar-refractivity contribution in [2.75, 3.05) is 0 Å². The second-order valence-corrected chi connectivity index (χ2v) is 6.09. The van der Waals surface area contributed by atoms with Gasteiger partial charge < -0.3 is 4.84 Å². The molecule has 4 rings (SSSR count). The molecule has 1 aliphatic heterocycles. The predicted octanol–water partition coefficient (Wildman–Crippen LogP) is 4.72. The van der Waals surface area contributed by atoms with Gasteiger partial charge in [0, 0.05) is 11.6 Å². The number of rotatable bonds is 2. The van der Waals surface area contributed by atoms with E-state index in [0.29, 0.717) is 6.04 Å². The van der Waals surface area contributed by atoms with Gasteiger partial charge in [0.15, 0.2) is 5.75 Å². The molecule has 1 unspecified atom stereocenters. The Morgan fingerprint density at radius 1 is 0.810 bits per heavy atom. The number of hydrogen-bond donors (Lipinski definition) is 0. The zero-order chi connectivity index (χ0) is 14.1. The fourth-order valence-corrected chi connectivity index (χ4v) is 3.68. The van der Waals surface area contributed by atoms with Gasteiger partial charge in [-0.1, -0.05) is 67.8 Å². The van der Waals surface area contributed by atoms with Crippen LogP contribution in [-0.2, 0) is 0 Å². The zero-order valence-corrected chi connectivity index (χ0v) is 12.2. The molecule has 2 aromatic rings. The quantitative estimate of drug-likeness (QED) is 0.788. The van der Waals surface area contributed by atoms with Crippen molar-refractivity contribution in [3.05, 3.63) is 65.7 Å². The number of nitrogens with zero attached hydrogens (tertiary/aromatic N) is 1. The molecule has 0 saturated heterocycles. The normalized spacial score (nSPS) is 22.8. The molecule has 0 amide bonds. The maximum absolute atomic E-state index is 6.25. The number of hydroxylamine groups is 2. The van der Waals surface area contributed by atoms with Crippen molar-refractivity contribution in [2.45, 2.75) is 44.2 Å². The van der Waals surface area contributed by atoms with Gasteiger partial charge in [0.1, 0.15) is 0 Å². The number of para-hydroxylation sites is 1. The van der Waals surface area contributed by atoms with Crippen LogP contribution in [0.2, 0.25) is 0 Å². The third-order valence-electron chi connectivity index (χ3n) is 4.72. The standard InChI is InChI=1S/C19H21NO/c1-3-9-15(10-4-1)19-17-13-7-8-14-18(17)21-20(19)16-11-5-2-6-12-16/h1,3-4,7-10,13-14,16,19H,2,5-6,11-12H2. The third-order valence-corrected chi connectivity index (χ3v) is 4.72. The molecule has 108 valence electrons. The lowest BCUT2D eigenvalue weighted by atomic mass is 9.92. The minimum absolute atomic E-state index is 0.241. The van der Waals surface area contributed by atoms with E-state index in [9.17, 15) is 0 Å². The van der Waals surface area contributed by atoms with E-state index >= 15 is 0 Å². The first-order chi connectivity index (χ1) is 10.4. The van der Waals surface area contributed by atoms with Crippen molar-refractivity contribution in [1.82, 2.24) is 5.06 Å². The Bertz CT molecular complexity index is 604. The second kappa shape index (κ2) is 5.53. The van der Waals surface area contributed by atoms with Gasteiger partial charge in [-0.05, 0) is 24.5 Å². The van der Waals surface area contributed by atoms with Crippen LogP contribution in [-0.4, -0.2) is 11.1 Å². The average Bonchev–Trinajstić information content (AvgIpc) is 2.96. The van der Waals surface area contributed by atoms with E-state index in [0.717, 1.165) is 5.75 Å². The molecule has 21 heavy (non-hydrogen) atoms. The van der Waals surface area contributed by atoms with Crippen molar-refractivity contribution in [2.24, 2.45) is 0 Å². The lowest BCUT2D eigenvalue weighted by Crippen LogP contribution is -2.38. The van der Waals surface area contributed by atoms with E-state index in [1.807, 2.05) is 0 Å².